The molecule has 0 bridgehead atoms. The van der Waals surface area contributed by atoms with Crippen LogP contribution in [0, 0.1) is 0 Å². The summed E-state index contributed by atoms with van der Waals surface area (Å²) in [5.74, 6) is -0.253. The number of rotatable bonds is 5. The van der Waals surface area contributed by atoms with E-state index in [1.54, 1.807) is 23.1 Å². The van der Waals surface area contributed by atoms with E-state index >= 15 is 0 Å². The molecule has 2 aromatic carbocycles. The highest BCUT2D eigenvalue weighted by Crippen LogP contribution is 2.43. The van der Waals surface area contributed by atoms with E-state index in [4.69, 9.17) is 16.4 Å². The lowest BCUT2D eigenvalue weighted by Crippen LogP contribution is -2.48. The zero-order valence-corrected chi connectivity index (χ0v) is 15.9. The minimum absolute atomic E-state index is 0.0946. The Bertz CT molecular complexity index is 960. The normalized spacial score (nSPS) is 20.2. The number of likely N-dealkylation sites (N-methyl/N-ethyl adjacent to an activating group) is 1. The maximum absolute atomic E-state index is 13.1. The molecular formula is C18H18N2O4S2. The first-order chi connectivity index (χ1) is 12.3. The van der Waals surface area contributed by atoms with Gasteiger partial charge in [0.25, 0.3) is 5.91 Å². The highest BCUT2D eigenvalue weighted by atomic mass is 32.2. The number of hydrogen-bond acceptors (Lipinski definition) is 5. The second-order valence-electron chi connectivity index (χ2n) is 5.86. The van der Waals surface area contributed by atoms with Crippen molar-refractivity contribution >= 4 is 33.4 Å². The van der Waals surface area contributed by atoms with E-state index in [9.17, 15) is 13.2 Å². The van der Waals surface area contributed by atoms with E-state index in [1.165, 1.54) is 6.07 Å². The van der Waals surface area contributed by atoms with Crippen LogP contribution in [-0.2, 0) is 20.5 Å². The van der Waals surface area contributed by atoms with Gasteiger partial charge in [-0.15, -0.1) is 0 Å². The summed E-state index contributed by atoms with van der Waals surface area (Å²) in [6.07, 6.45) is 0.968. The number of nitrogens with zero attached hydrogens (tertiary/aromatic N) is 1. The number of para-hydroxylation sites is 1. The predicted molar refractivity (Wildman–Crippen MR) is 102 cm³/mol. The standard InChI is InChI=1S/C18H18N2O4S2/c1-3-20-17(25)19-16(21)18(20,13-9-5-4-6-10-13)14-11-7-8-12-15(14)24-26(2,22)23/h4-12H,3H2,1-2H3,(H,19,21,25). The van der Waals surface area contributed by atoms with Crippen molar-refractivity contribution < 1.29 is 17.4 Å². The van der Waals surface area contributed by atoms with Crippen molar-refractivity contribution in [1.82, 2.24) is 10.2 Å². The molecule has 0 aromatic heterocycles. The van der Waals surface area contributed by atoms with Gasteiger partial charge in [0, 0.05) is 12.1 Å². The molecule has 2 aromatic rings. The molecule has 0 spiro atoms. The Kier molecular flexibility index (Phi) is 4.72. The van der Waals surface area contributed by atoms with Crippen LogP contribution in [0.3, 0.4) is 0 Å². The van der Waals surface area contributed by atoms with Crippen LogP contribution >= 0.6 is 12.2 Å². The van der Waals surface area contributed by atoms with Crippen LogP contribution in [0.1, 0.15) is 18.1 Å². The summed E-state index contributed by atoms with van der Waals surface area (Å²) in [6.45, 7) is 2.32. The molecule has 1 atom stereocenters. The molecule has 0 radical (unpaired) electrons. The second kappa shape index (κ2) is 6.69. The lowest BCUT2D eigenvalue weighted by molar-refractivity contribution is -0.125. The van der Waals surface area contributed by atoms with Gasteiger partial charge in [0.2, 0.25) is 0 Å². The summed E-state index contributed by atoms with van der Waals surface area (Å²) in [4.78, 5) is 14.9. The molecule has 6 nitrogen and oxygen atoms in total. The number of thiocarbonyl (C=S) groups is 1. The third kappa shape index (κ3) is 2.95. The van der Waals surface area contributed by atoms with E-state index in [0.29, 0.717) is 17.7 Å². The molecule has 1 aliphatic rings. The summed E-state index contributed by atoms with van der Waals surface area (Å²) in [6, 6.07) is 15.7. The molecule has 0 saturated carbocycles. The highest BCUT2D eigenvalue weighted by Gasteiger charge is 2.54. The fraction of sp³-hybridized carbons (Fsp3) is 0.222. The average Bonchev–Trinajstić information content (AvgIpc) is 2.85. The number of carbonyl (C=O) groups excluding carboxylic acids is 1. The molecule has 0 aliphatic carbocycles. The molecule has 26 heavy (non-hydrogen) atoms. The van der Waals surface area contributed by atoms with E-state index in [-0.39, 0.29) is 16.8 Å². The molecule has 1 aliphatic heterocycles. The zero-order chi connectivity index (χ0) is 18.9. The highest BCUT2D eigenvalue weighted by molar-refractivity contribution is 7.86. The van der Waals surface area contributed by atoms with E-state index in [1.807, 2.05) is 37.3 Å². The number of hydrogen-bond donors (Lipinski definition) is 1. The van der Waals surface area contributed by atoms with Crippen molar-refractivity contribution in [2.75, 3.05) is 12.8 Å². The van der Waals surface area contributed by atoms with Crippen LogP contribution in [0.2, 0.25) is 0 Å². The summed E-state index contributed by atoms with van der Waals surface area (Å²) in [5, 5.41) is 3.00. The maximum Gasteiger partial charge on any atom is 0.306 e. The van der Waals surface area contributed by atoms with Gasteiger partial charge in [0.05, 0.1) is 6.26 Å². The average molecular weight is 390 g/mol. The van der Waals surface area contributed by atoms with Crippen molar-refractivity contribution in [2.24, 2.45) is 0 Å². The third-order valence-electron chi connectivity index (χ3n) is 4.22. The van der Waals surface area contributed by atoms with Crippen LogP contribution in [0.4, 0.5) is 0 Å². The Morgan fingerprint density at radius 3 is 2.35 bits per heavy atom. The smallest absolute Gasteiger partial charge is 0.306 e. The Morgan fingerprint density at radius 1 is 1.12 bits per heavy atom. The van der Waals surface area contributed by atoms with Crippen LogP contribution < -0.4 is 9.50 Å². The van der Waals surface area contributed by atoms with Crippen LogP contribution in [0.25, 0.3) is 0 Å². The first kappa shape index (κ1) is 18.3. The fourth-order valence-corrected chi connectivity index (χ4v) is 4.13. The van der Waals surface area contributed by atoms with E-state index < -0.39 is 15.7 Å². The zero-order valence-electron chi connectivity index (χ0n) is 14.3. The van der Waals surface area contributed by atoms with Gasteiger partial charge in [-0.3, -0.25) is 4.79 Å². The maximum atomic E-state index is 13.1. The van der Waals surface area contributed by atoms with E-state index in [0.717, 1.165) is 6.26 Å². The molecule has 136 valence electrons. The van der Waals surface area contributed by atoms with Crippen molar-refractivity contribution in [2.45, 2.75) is 12.5 Å². The largest absolute Gasteiger partial charge is 0.382 e. The van der Waals surface area contributed by atoms with Crippen molar-refractivity contribution in [3.05, 3.63) is 65.7 Å². The first-order valence-electron chi connectivity index (χ1n) is 7.98. The van der Waals surface area contributed by atoms with Crippen LogP contribution in [0.5, 0.6) is 5.75 Å². The summed E-state index contributed by atoms with van der Waals surface area (Å²) in [7, 11) is -3.78. The van der Waals surface area contributed by atoms with Crippen molar-refractivity contribution in [3.63, 3.8) is 0 Å². The van der Waals surface area contributed by atoms with Gasteiger partial charge in [-0.2, -0.15) is 8.42 Å². The Balaban J connectivity index is 2.35. The minimum atomic E-state index is -3.78. The summed E-state index contributed by atoms with van der Waals surface area (Å²) < 4.78 is 28.7. The van der Waals surface area contributed by atoms with Crippen LogP contribution in [0.15, 0.2) is 54.6 Å². The Hall–Kier alpha value is -2.45. The van der Waals surface area contributed by atoms with Gasteiger partial charge in [-0.05, 0) is 30.8 Å². The van der Waals surface area contributed by atoms with Gasteiger partial charge >= 0.3 is 10.1 Å². The summed E-state index contributed by atoms with van der Waals surface area (Å²) >= 11 is 5.35. The lowest BCUT2D eigenvalue weighted by atomic mass is 9.81. The van der Waals surface area contributed by atoms with Gasteiger partial charge < -0.3 is 14.4 Å². The Morgan fingerprint density at radius 2 is 1.73 bits per heavy atom. The monoisotopic (exact) mass is 390 g/mol. The molecule has 1 heterocycles. The quantitative estimate of drug-likeness (QED) is 0.622. The second-order valence-corrected chi connectivity index (χ2v) is 7.83. The molecule has 1 amide bonds. The predicted octanol–water partition coefficient (Wildman–Crippen LogP) is 2.01. The van der Waals surface area contributed by atoms with Crippen molar-refractivity contribution in [1.29, 1.82) is 0 Å². The molecule has 1 unspecified atom stereocenters. The molecular weight excluding hydrogens is 372 g/mol. The molecule has 1 fully saturated rings. The van der Waals surface area contributed by atoms with Gasteiger partial charge in [0.15, 0.2) is 10.7 Å². The summed E-state index contributed by atoms with van der Waals surface area (Å²) in [5.41, 5.74) is -0.228. The Labute approximate surface area is 157 Å². The lowest BCUT2D eigenvalue weighted by Gasteiger charge is -2.37. The molecule has 3 rings (SSSR count). The SMILES string of the molecule is CCN1C(=S)NC(=O)C1(c1ccccc1)c1ccccc1OS(C)(=O)=O. The number of amides is 1. The van der Waals surface area contributed by atoms with Gasteiger partial charge in [-0.1, -0.05) is 48.5 Å². The minimum Gasteiger partial charge on any atom is -0.382 e. The number of benzene rings is 2. The number of carbonyl (C=O) groups is 1. The van der Waals surface area contributed by atoms with Crippen molar-refractivity contribution in [3.8, 4) is 5.75 Å². The van der Waals surface area contributed by atoms with E-state index in [2.05, 4.69) is 5.32 Å². The topological polar surface area (TPSA) is 75.7 Å². The molecule has 1 N–H and O–H groups in total. The van der Waals surface area contributed by atoms with Gasteiger partial charge in [0.1, 0.15) is 5.75 Å². The van der Waals surface area contributed by atoms with Crippen LogP contribution in [-0.4, -0.2) is 37.1 Å². The first-order valence-corrected chi connectivity index (χ1v) is 10.2. The molecule has 1 saturated heterocycles. The number of nitrogens with one attached hydrogen (secondary N) is 1. The van der Waals surface area contributed by atoms with Gasteiger partial charge in [-0.25, -0.2) is 0 Å². The molecule has 8 heteroatoms. The third-order valence-corrected chi connectivity index (χ3v) is 5.03. The fourth-order valence-electron chi connectivity index (χ4n) is 3.30.